The Morgan fingerprint density at radius 1 is 1.33 bits per heavy atom. The van der Waals surface area contributed by atoms with Crippen LogP contribution in [0.15, 0.2) is 0 Å². The number of hydrogen-bond acceptors (Lipinski definition) is 5. The third-order valence-electron chi connectivity index (χ3n) is 3.80. The van der Waals surface area contributed by atoms with Gasteiger partial charge in [-0.15, -0.1) is 0 Å². The third-order valence-corrected chi connectivity index (χ3v) is 5.72. The second-order valence-corrected chi connectivity index (χ2v) is 7.64. The zero-order chi connectivity index (χ0) is 15.7. The fourth-order valence-corrected chi connectivity index (χ4v) is 4.24. The minimum Gasteiger partial charge on any atom is -0.469 e. The summed E-state index contributed by atoms with van der Waals surface area (Å²) in [6, 6.07) is 0. The van der Waals surface area contributed by atoms with Gasteiger partial charge >= 0.3 is 5.97 Å². The number of nitrogens with zero attached hydrogens (tertiary/aromatic N) is 1. The predicted octanol–water partition coefficient (Wildman–Crippen LogP) is 0.981. The number of carbonyl (C=O) groups excluding carboxylic acids is 1. The highest BCUT2D eigenvalue weighted by Crippen LogP contribution is 2.17. The summed E-state index contributed by atoms with van der Waals surface area (Å²) >= 11 is 0. The van der Waals surface area contributed by atoms with Crippen molar-refractivity contribution in [3.8, 4) is 0 Å². The first kappa shape index (κ1) is 18.4. The van der Waals surface area contributed by atoms with Crippen molar-refractivity contribution in [1.29, 1.82) is 0 Å². The number of rotatable bonds is 9. The van der Waals surface area contributed by atoms with Gasteiger partial charge in [-0.2, -0.15) is 0 Å². The summed E-state index contributed by atoms with van der Waals surface area (Å²) in [5.74, 6) is 0.103. The van der Waals surface area contributed by atoms with Gasteiger partial charge in [0.05, 0.1) is 12.9 Å². The molecular formula is C14H28N2O4S. The van der Waals surface area contributed by atoms with Gasteiger partial charge in [0.25, 0.3) is 0 Å². The number of carbonyl (C=O) groups is 1. The molecule has 0 aromatic carbocycles. The van der Waals surface area contributed by atoms with Crippen molar-refractivity contribution in [3.05, 3.63) is 0 Å². The van der Waals surface area contributed by atoms with Crippen LogP contribution in [-0.4, -0.2) is 57.7 Å². The third kappa shape index (κ3) is 6.76. The molecule has 0 saturated carbocycles. The number of piperidine rings is 1. The lowest BCUT2D eigenvalue weighted by Gasteiger charge is -2.29. The summed E-state index contributed by atoms with van der Waals surface area (Å²) in [6.45, 7) is 5.08. The van der Waals surface area contributed by atoms with Crippen LogP contribution in [0.3, 0.4) is 0 Å². The highest BCUT2D eigenvalue weighted by atomic mass is 32.2. The molecule has 1 aliphatic rings. The van der Waals surface area contributed by atoms with Gasteiger partial charge in [0.15, 0.2) is 0 Å². The molecule has 6 nitrogen and oxygen atoms in total. The Balaban J connectivity index is 2.53. The second kappa shape index (κ2) is 9.38. The van der Waals surface area contributed by atoms with Crippen LogP contribution in [0.1, 0.15) is 39.0 Å². The Morgan fingerprint density at radius 3 is 2.57 bits per heavy atom. The molecule has 124 valence electrons. The first-order valence-electron chi connectivity index (χ1n) is 7.75. The highest BCUT2D eigenvalue weighted by molar-refractivity contribution is 7.89. The van der Waals surface area contributed by atoms with Crippen molar-refractivity contribution >= 4 is 16.0 Å². The molecule has 21 heavy (non-hydrogen) atoms. The van der Waals surface area contributed by atoms with Gasteiger partial charge in [-0.25, -0.2) is 12.7 Å². The number of methoxy groups -OCH3 is 1. The molecule has 7 heteroatoms. The molecule has 0 aromatic heterocycles. The van der Waals surface area contributed by atoms with Crippen LogP contribution >= 0.6 is 0 Å². The Bertz CT molecular complexity index is 405. The van der Waals surface area contributed by atoms with E-state index in [1.165, 1.54) is 7.11 Å². The Kier molecular flexibility index (Phi) is 8.21. The van der Waals surface area contributed by atoms with E-state index >= 15 is 0 Å². The largest absolute Gasteiger partial charge is 0.469 e. The fourth-order valence-electron chi connectivity index (χ4n) is 2.58. The molecule has 0 aromatic rings. The minimum absolute atomic E-state index is 0.0209. The second-order valence-electron chi connectivity index (χ2n) is 5.55. The molecule has 1 N–H and O–H groups in total. The normalized spacial score (nSPS) is 17.1. The van der Waals surface area contributed by atoms with E-state index in [-0.39, 0.29) is 18.1 Å². The maximum atomic E-state index is 12.4. The number of sulfonamides is 1. The molecule has 1 fully saturated rings. The van der Waals surface area contributed by atoms with Gasteiger partial charge in [-0.1, -0.05) is 6.92 Å². The van der Waals surface area contributed by atoms with Crippen LogP contribution < -0.4 is 5.32 Å². The van der Waals surface area contributed by atoms with Crippen molar-refractivity contribution in [3.63, 3.8) is 0 Å². The summed E-state index contributed by atoms with van der Waals surface area (Å²) in [7, 11) is -1.97. The first-order chi connectivity index (χ1) is 9.99. The lowest BCUT2D eigenvalue weighted by atomic mass is 9.98. The van der Waals surface area contributed by atoms with Crippen molar-refractivity contribution in [2.24, 2.45) is 5.92 Å². The quantitative estimate of drug-likeness (QED) is 0.641. The van der Waals surface area contributed by atoms with Crippen LogP contribution in [0.2, 0.25) is 0 Å². The summed E-state index contributed by atoms with van der Waals surface area (Å²) in [6.07, 6.45) is 3.33. The maximum Gasteiger partial charge on any atom is 0.305 e. The Hall–Kier alpha value is -0.660. The van der Waals surface area contributed by atoms with Crippen LogP contribution in [0, 0.1) is 5.92 Å². The van der Waals surface area contributed by atoms with E-state index in [1.807, 2.05) is 6.92 Å². The lowest BCUT2D eigenvalue weighted by molar-refractivity contribution is -0.140. The average Bonchev–Trinajstić information content (AvgIpc) is 2.47. The summed E-state index contributed by atoms with van der Waals surface area (Å²) < 4.78 is 31.0. The number of hydrogen-bond donors (Lipinski definition) is 1. The molecule has 1 heterocycles. The van der Waals surface area contributed by atoms with E-state index in [0.717, 1.165) is 32.4 Å². The van der Waals surface area contributed by atoms with Gasteiger partial charge in [0.1, 0.15) is 0 Å². The van der Waals surface area contributed by atoms with Crippen LogP contribution in [-0.2, 0) is 19.6 Å². The zero-order valence-corrected chi connectivity index (χ0v) is 14.0. The van der Waals surface area contributed by atoms with E-state index in [2.05, 4.69) is 10.1 Å². The molecule has 1 aliphatic heterocycles. The molecular weight excluding hydrogens is 292 g/mol. The summed E-state index contributed by atoms with van der Waals surface area (Å²) in [4.78, 5) is 11.1. The molecule has 0 amide bonds. The van der Waals surface area contributed by atoms with Gasteiger partial charge in [0, 0.05) is 19.5 Å². The molecule has 0 aliphatic carbocycles. The molecule has 0 atom stereocenters. The van der Waals surface area contributed by atoms with Crippen molar-refractivity contribution in [1.82, 2.24) is 9.62 Å². The van der Waals surface area contributed by atoms with E-state index < -0.39 is 10.0 Å². The maximum absolute atomic E-state index is 12.4. The highest BCUT2D eigenvalue weighted by Gasteiger charge is 2.25. The van der Waals surface area contributed by atoms with Crippen LogP contribution in [0.25, 0.3) is 0 Å². The summed E-state index contributed by atoms with van der Waals surface area (Å²) in [5.41, 5.74) is 0. The number of esters is 1. The monoisotopic (exact) mass is 320 g/mol. The summed E-state index contributed by atoms with van der Waals surface area (Å²) in [5, 5.41) is 3.29. The topological polar surface area (TPSA) is 75.7 Å². The van der Waals surface area contributed by atoms with Crippen molar-refractivity contribution < 1.29 is 17.9 Å². The zero-order valence-electron chi connectivity index (χ0n) is 13.1. The number of ether oxygens (including phenoxy) is 1. The Labute approximate surface area is 128 Å². The molecule has 0 unspecified atom stereocenters. The average molecular weight is 320 g/mol. The predicted molar refractivity (Wildman–Crippen MR) is 82.5 cm³/mol. The Morgan fingerprint density at radius 2 is 2.00 bits per heavy atom. The van der Waals surface area contributed by atoms with E-state index in [4.69, 9.17) is 0 Å². The first-order valence-corrected chi connectivity index (χ1v) is 9.36. The van der Waals surface area contributed by atoms with Gasteiger partial charge in [0.2, 0.25) is 10.0 Å². The van der Waals surface area contributed by atoms with Gasteiger partial charge in [-0.3, -0.25) is 4.79 Å². The van der Waals surface area contributed by atoms with Crippen molar-refractivity contribution in [2.75, 3.05) is 39.0 Å². The van der Waals surface area contributed by atoms with Gasteiger partial charge in [-0.05, 0) is 44.7 Å². The smallest absolute Gasteiger partial charge is 0.305 e. The molecule has 0 bridgehead atoms. The molecule has 0 spiro atoms. The minimum atomic E-state index is -3.28. The number of nitrogens with one attached hydrogen (secondary N) is 1. The molecule has 0 radical (unpaired) electrons. The van der Waals surface area contributed by atoms with E-state index in [0.29, 0.717) is 25.4 Å². The SMILES string of the molecule is CCCN(CC1CCNCC1)S(=O)(=O)CCCC(=O)OC. The van der Waals surface area contributed by atoms with Crippen LogP contribution in [0.4, 0.5) is 0 Å². The van der Waals surface area contributed by atoms with E-state index in [1.54, 1.807) is 4.31 Å². The lowest BCUT2D eigenvalue weighted by Crippen LogP contribution is -2.40. The molecule has 1 saturated heterocycles. The van der Waals surface area contributed by atoms with Crippen molar-refractivity contribution in [2.45, 2.75) is 39.0 Å². The van der Waals surface area contributed by atoms with Gasteiger partial charge < -0.3 is 10.1 Å². The van der Waals surface area contributed by atoms with E-state index in [9.17, 15) is 13.2 Å². The molecule has 1 rings (SSSR count). The van der Waals surface area contributed by atoms with Crippen LogP contribution in [0.5, 0.6) is 0 Å². The fraction of sp³-hybridized carbons (Fsp3) is 0.929. The standard InChI is InChI=1S/C14H28N2O4S/c1-3-10-16(12-13-6-8-15-9-7-13)21(18,19)11-4-5-14(17)20-2/h13,15H,3-12H2,1-2H3.